The Balaban J connectivity index is 1.67. The lowest BCUT2D eigenvalue weighted by atomic mass is 9.67. The van der Waals surface area contributed by atoms with E-state index >= 15 is 0 Å². The van der Waals surface area contributed by atoms with Crippen LogP contribution in [0.15, 0.2) is 0 Å². The van der Waals surface area contributed by atoms with Crippen molar-refractivity contribution >= 4 is 0 Å². The van der Waals surface area contributed by atoms with Crippen LogP contribution in [0.3, 0.4) is 0 Å². The van der Waals surface area contributed by atoms with Gasteiger partial charge < -0.3 is 0 Å². The van der Waals surface area contributed by atoms with Gasteiger partial charge in [-0.2, -0.15) is 0 Å². The highest BCUT2D eigenvalue weighted by molar-refractivity contribution is 4.89. The maximum absolute atomic E-state index is 14.5. The largest absolute Gasteiger partial charge is 0.244 e. The lowest BCUT2D eigenvalue weighted by Gasteiger charge is -2.40. The minimum absolute atomic E-state index is 0.796. The first-order valence-corrected chi connectivity index (χ1v) is 9.85. The third kappa shape index (κ3) is 5.25. The highest BCUT2D eigenvalue weighted by atomic mass is 19.1. The zero-order valence-electron chi connectivity index (χ0n) is 14.5. The maximum Gasteiger partial charge on any atom is 0.111 e. The van der Waals surface area contributed by atoms with Gasteiger partial charge >= 0.3 is 0 Å². The minimum Gasteiger partial charge on any atom is -0.244 e. The molecule has 0 spiro atoms. The highest BCUT2D eigenvalue weighted by Gasteiger charge is 2.37. The summed E-state index contributed by atoms with van der Waals surface area (Å²) in [5.74, 6) is 2.79. The van der Waals surface area contributed by atoms with Crippen molar-refractivity contribution in [1.29, 1.82) is 0 Å². The Morgan fingerprint density at radius 3 is 2.00 bits per heavy atom. The molecule has 0 atom stereocenters. The molecule has 0 N–H and O–H groups in total. The van der Waals surface area contributed by atoms with Crippen LogP contribution >= 0.6 is 0 Å². The van der Waals surface area contributed by atoms with E-state index in [1.807, 2.05) is 0 Å². The minimum atomic E-state index is -0.803. The van der Waals surface area contributed by atoms with E-state index in [9.17, 15) is 4.39 Å². The van der Waals surface area contributed by atoms with E-state index in [-0.39, 0.29) is 0 Å². The van der Waals surface area contributed by atoms with Gasteiger partial charge in [0.2, 0.25) is 0 Å². The zero-order valence-corrected chi connectivity index (χ0v) is 14.5. The molecule has 0 nitrogen and oxygen atoms in total. The molecule has 0 bridgehead atoms. The standard InChI is InChI=1S/C20H37F/c1-3-5-6-7-17-8-10-18(11-9-17)19-12-15-20(21,14-4-2)16-13-19/h17-19H,3-16H2,1-2H3/t17?,18?,19-,20+. The fourth-order valence-electron chi connectivity index (χ4n) is 4.96. The zero-order chi connectivity index (χ0) is 15.1. The summed E-state index contributed by atoms with van der Waals surface area (Å²) in [5, 5.41) is 0. The molecular formula is C20H37F. The average molecular weight is 297 g/mol. The van der Waals surface area contributed by atoms with Gasteiger partial charge in [-0.15, -0.1) is 0 Å². The molecule has 1 heteroatoms. The molecule has 124 valence electrons. The van der Waals surface area contributed by atoms with Crippen LogP contribution < -0.4 is 0 Å². The third-order valence-electron chi connectivity index (χ3n) is 6.40. The van der Waals surface area contributed by atoms with Gasteiger partial charge in [0, 0.05) is 0 Å². The van der Waals surface area contributed by atoms with Crippen LogP contribution in [0.1, 0.15) is 104 Å². The van der Waals surface area contributed by atoms with E-state index in [0.717, 1.165) is 43.4 Å². The number of rotatable bonds is 7. The fraction of sp³-hybridized carbons (Fsp3) is 1.00. The van der Waals surface area contributed by atoms with Crippen LogP contribution in [-0.4, -0.2) is 5.67 Å². The van der Waals surface area contributed by atoms with Crippen LogP contribution in [0.5, 0.6) is 0 Å². The van der Waals surface area contributed by atoms with Crippen LogP contribution in [0.2, 0.25) is 0 Å². The van der Waals surface area contributed by atoms with Crippen LogP contribution in [0.4, 0.5) is 4.39 Å². The molecule has 2 saturated carbocycles. The summed E-state index contributed by atoms with van der Waals surface area (Å²) in [4.78, 5) is 0. The second-order valence-electron chi connectivity index (χ2n) is 8.01. The second kappa shape index (κ2) is 8.53. The number of halogens is 1. The van der Waals surface area contributed by atoms with Gasteiger partial charge in [0.25, 0.3) is 0 Å². The topological polar surface area (TPSA) is 0 Å². The SMILES string of the molecule is CCCCCC1CCC([C@H]2CC[C@](F)(CCC)CC2)CC1. The smallest absolute Gasteiger partial charge is 0.111 e. The van der Waals surface area contributed by atoms with E-state index in [2.05, 4.69) is 13.8 Å². The van der Waals surface area contributed by atoms with Crippen molar-refractivity contribution < 1.29 is 4.39 Å². The van der Waals surface area contributed by atoms with Crippen molar-refractivity contribution in [3.8, 4) is 0 Å². The van der Waals surface area contributed by atoms with Crippen molar-refractivity contribution in [1.82, 2.24) is 0 Å². The van der Waals surface area contributed by atoms with Gasteiger partial charge in [0.15, 0.2) is 0 Å². The first kappa shape index (κ1) is 17.3. The predicted molar refractivity (Wildman–Crippen MR) is 90.3 cm³/mol. The monoisotopic (exact) mass is 296 g/mol. The Bertz CT molecular complexity index is 270. The molecular weight excluding hydrogens is 259 g/mol. The van der Waals surface area contributed by atoms with E-state index in [0.29, 0.717) is 0 Å². The quantitative estimate of drug-likeness (QED) is 0.441. The van der Waals surface area contributed by atoms with E-state index in [1.54, 1.807) is 0 Å². The Labute approximate surface area is 132 Å². The Morgan fingerprint density at radius 2 is 1.43 bits per heavy atom. The maximum atomic E-state index is 14.5. The van der Waals surface area contributed by atoms with Gasteiger partial charge in [-0.1, -0.05) is 58.8 Å². The van der Waals surface area contributed by atoms with Crippen molar-refractivity contribution in [2.45, 2.75) is 109 Å². The number of hydrogen-bond donors (Lipinski definition) is 0. The van der Waals surface area contributed by atoms with Gasteiger partial charge in [-0.25, -0.2) is 4.39 Å². The van der Waals surface area contributed by atoms with Gasteiger partial charge in [0.05, 0.1) is 0 Å². The Morgan fingerprint density at radius 1 is 0.810 bits per heavy atom. The second-order valence-corrected chi connectivity index (χ2v) is 8.01. The summed E-state index contributed by atoms with van der Waals surface area (Å²) in [7, 11) is 0. The summed E-state index contributed by atoms with van der Waals surface area (Å²) >= 11 is 0. The predicted octanol–water partition coefficient (Wildman–Crippen LogP) is 7.07. The lowest BCUT2D eigenvalue weighted by molar-refractivity contribution is 0.0470. The molecule has 0 saturated heterocycles. The number of unbranched alkanes of at least 4 members (excludes halogenated alkanes) is 2. The first-order chi connectivity index (χ1) is 10.2. The van der Waals surface area contributed by atoms with Crippen LogP contribution in [-0.2, 0) is 0 Å². The molecule has 2 aliphatic rings. The van der Waals surface area contributed by atoms with Gasteiger partial charge in [-0.05, 0) is 62.7 Å². The number of alkyl halides is 1. The molecule has 0 aromatic rings. The molecule has 0 amide bonds. The third-order valence-corrected chi connectivity index (χ3v) is 6.40. The summed E-state index contributed by atoms with van der Waals surface area (Å²) in [6.07, 6.45) is 17.3. The molecule has 0 aromatic carbocycles. The highest BCUT2D eigenvalue weighted by Crippen LogP contribution is 2.45. The van der Waals surface area contributed by atoms with Crippen molar-refractivity contribution in [2.24, 2.45) is 17.8 Å². The Hall–Kier alpha value is -0.0700. The van der Waals surface area contributed by atoms with Gasteiger partial charge in [-0.3, -0.25) is 0 Å². The fourth-order valence-corrected chi connectivity index (χ4v) is 4.96. The van der Waals surface area contributed by atoms with Crippen LogP contribution in [0, 0.1) is 17.8 Å². The molecule has 0 unspecified atom stereocenters. The molecule has 0 heterocycles. The van der Waals surface area contributed by atoms with E-state index in [1.165, 1.54) is 64.2 Å². The molecule has 2 rings (SSSR count). The molecule has 0 aromatic heterocycles. The normalized spacial score (nSPS) is 37.6. The van der Waals surface area contributed by atoms with Crippen molar-refractivity contribution in [3.63, 3.8) is 0 Å². The first-order valence-electron chi connectivity index (χ1n) is 9.85. The molecule has 2 aliphatic carbocycles. The van der Waals surface area contributed by atoms with Crippen molar-refractivity contribution in [2.75, 3.05) is 0 Å². The Kier molecular flexibility index (Phi) is 7.02. The average Bonchev–Trinajstić information content (AvgIpc) is 2.49. The van der Waals surface area contributed by atoms with E-state index in [4.69, 9.17) is 0 Å². The summed E-state index contributed by atoms with van der Waals surface area (Å²) in [6, 6.07) is 0. The number of hydrogen-bond acceptors (Lipinski definition) is 0. The summed E-state index contributed by atoms with van der Waals surface area (Å²) in [5.41, 5.74) is -0.803. The molecule has 0 aliphatic heterocycles. The molecule has 2 fully saturated rings. The van der Waals surface area contributed by atoms with Gasteiger partial charge in [0.1, 0.15) is 5.67 Å². The molecule has 21 heavy (non-hydrogen) atoms. The van der Waals surface area contributed by atoms with E-state index < -0.39 is 5.67 Å². The lowest BCUT2D eigenvalue weighted by Crippen LogP contribution is -2.33. The van der Waals surface area contributed by atoms with Crippen molar-refractivity contribution in [3.05, 3.63) is 0 Å². The summed E-state index contributed by atoms with van der Waals surface area (Å²) in [6.45, 7) is 4.41. The molecule has 0 radical (unpaired) electrons. The summed E-state index contributed by atoms with van der Waals surface area (Å²) < 4.78 is 14.5. The van der Waals surface area contributed by atoms with Crippen LogP contribution in [0.25, 0.3) is 0 Å².